The predicted molar refractivity (Wildman–Crippen MR) is 50.9 cm³/mol. The van der Waals surface area contributed by atoms with E-state index in [2.05, 4.69) is 4.98 Å². The van der Waals surface area contributed by atoms with Crippen molar-refractivity contribution in [1.29, 1.82) is 0 Å². The highest BCUT2D eigenvalue weighted by Gasteiger charge is 2.59. The molecule has 0 saturated heterocycles. The first kappa shape index (κ1) is 13.6. The number of fused-ring (bicyclic) bond motifs is 1. The number of halogens is 7. The second-order valence-electron chi connectivity index (χ2n) is 3.80. The second-order valence-corrected chi connectivity index (χ2v) is 3.80. The lowest BCUT2D eigenvalue weighted by atomic mass is 10.1. The van der Waals surface area contributed by atoms with Crippen LogP contribution in [0.4, 0.5) is 30.7 Å². The molecule has 0 spiro atoms. The van der Waals surface area contributed by atoms with E-state index in [9.17, 15) is 30.7 Å². The van der Waals surface area contributed by atoms with Gasteiger partial charge < -0.3 is 4.98 Å². The summed E-state index contributed by atoms with van der Waals surface area (Å²) in [6.07, 6.45) is -11.1. The predicted octanol–water partition coefficient (Wildman–Crippen LogP) is 3.91. The number of aromatic nitrogens is 2. The van der Waals surface area contributed by atoms with Gasteiger partial charge in [-0.3, -0.25) is 0 Å². The lowest BCUT2D eigenvalue weighted by molar-refractivity contribution is -0.255. The van der Waals surface area contributed by atoms with Crippen molar-refractivity contribution in [3.8, 4) is 0 Å². The van der Waals surface area contributed by atoms with Crippen LogP contribution in [0.15, 0.2) is 18.2 Å². The highest BCUT2D eigenvalue weighted by Crippen LogP contribution is 2.45. The fourth-order valence-corrected chi connectivity index (χ4v) is 1.63. The van der Waals surface area contributed by atoms with Crippen LogP contribution < -0.4 is 0 Å². The third kappa shape index (κ3) is 2.64. The summed E-state index contributed by atoms with van der Waals surface area (Å²) in [6, 6.07) is 2.66. The molecule has 0 fully saturated rings. The van der Waals surface area contributed by atoms with E-state index in [0.717, 1.165) is 18.2 Å². The Bertz CT molecular complexity index is 582. The molecule has 0 atom stereocenters. The number of nitrogens with zero attached hydrogens (tertiary/aromatic N) is 1. The van der Waals surface area contributed by atoms with Crippen molar-refractivity contribution in [2.24, 2.45) is 0 Å². The van der Waals surface area contributed by atoms with Crippen molar-refractivity contribution in [3.05, 3.63) is 29.8 Å². The number of hydrogen-bond donors (Lipinski definition) is 1. The molecule has 0 bridgehead atoms. The van der Waals surface area contributed by atoms with Crippen molar-refractivity contribution >= 4 is 11.0 Å². The summed E-state index contributed by atoms with van der Waals surface area (Å²) >= 11 is 0. The molecule has 0 radical (unpaired) electrons. The molecule has 104 valence electrons. The van der Waals surface area contributed by atoms with E-state index in [4.69, 9.17) is 0 Å². The highest BCUT2D eigenvalue weighted by molar-refractivity contribution is 5.75. The molecule has 2 aromatic rings. The van der Waals surface area contributed by atoms with Crippen LogP contribution >= 0.6 is 0 Å². The maximum absolute atomic E-state index is 12.8. The van der Waals surface area contributed by atoms with Crippen molar-refractivity contribution < 1.29 is 30.7 Å². The number of benzene rings is 1. The second kappa shape index (κ2) is 4.10. The van der Waals surface area contributed by atoms with Gasteiger partial charge in [0.1, 0.15) is 11.6 Å². The van der Waals surface area contributed by atoms with Gasteiger partial charge >= 0.3 is 12.4 Å². The van der Waals surface area contributed by atoms with E-state index in [1.807, 2.05) is 4.98 Å². The van der Waals surface area contributed by atoms with Gasteiger partial charge in [0.25, 0.3) is 0 Å². The summed E-state index contributed by atoms with van der Waals surface area (Å²) in [4.78, 5) is 5.08. The summed E-state index contributed by atoms with van der Waals surface area (Å²) in [5.41, 5.74) is -0.400. The Hall–Kier alpha value is -1.80. The smallest absolute Gasteiger partial charge is 0.341 e. The third-order valence-corrected chi connectivity index (χ3v) is 2.39. The van der Waals surface area contributed by atoms with E-state index >= 15 is 0 Å². The molecule has 1 N–H and O–H groups in total. The molecule has 0 saturated carbocycles. The van der Waals surface area contributed by atoms with E-state index < -0.39 is 29.9 Å². The van der Waals surface area contributed by atoms with Gasteiger partial charge in [0.15, 0.2) is 0 Å². The van der Waals surface area contributed by atoms with E-state index in [1.54, 1.807) is 0 Å². The summed E-state index contributed by atoms with van der Waals surface area (Å²) in [6.45, 7) is 0. The minimum atomic E-state index is -5.54. The molecule has 0 unspecified atom stereocenters. The summed E-state index contributed by atoms with van der Waals surface area (Å²) in [5.74, 6) is -5.82. The molecule has 19 heavy (non-hydrogen) atoms. The molecule has 1 aromatic carbocycles. The third-order valence-electron chi connectivity index (χ3n) is 2.39. The van der Waals surface area contributed by atoms with Crippen molar-refractivity contribution in [2.75, 3.05) is 0 Å². The fourth-order valence-electron chi connectivity index (χ4n) is 1.63. The number of alkyl halides is 6. The minimum Gasteiger partial charge on any atom is -0.341 e. The summed E-state index contributed by atoms with van der Waals surface area (Å²) in [5, 5.41) is 0. The Labute approximate surface area is 101 Å². The Morgan fingerprint density at radius 2 is 1.58 bits per heavy atom. The fraction of sp³-hybridized carbons (Fsp3) is 0.300. The molecular formula is C10H5F7N2. The minimum absolute atomic E-state index is 0.171. The normalized spacial score (nSPS) is 13.5. The van der Waals surface area contributed by atoms with Crippen LogP contribution in [-0.4, -0.2) is 22.3 Å². The van der Waals surface area contributed by atoms with Gasteiger partial charge in [-0.1, -0.05) is 0 Å². The average molecular weight is 286 g/mol. The number of hydrogen-bond acceptors (Lipinski definition) is 1. The number of H-pyrrole nitrogens is 1. The first-order chi connectivity index (χ1) is 8.59. The molecule has 2 rings (SSSR count). The standard InChI is InChI=1S/C10H5F7N2/c11-4-1-2-5-6(3-4)19-8(18-5)7(9(12,13)14)10(15,16)17/h1-3,7H,(H,18,19). The van der Waals surface area contributed by atoms with Crippen molar-refractivity contribution in [1.82, 2.24) is 9.97 Å². The number of aromatic amines is 1. The van der Waals surface area contributed by atoms with Gasteiger partial charge in [-0.25, -0.2) is 9.37 Å². The van der Waals surface area contributed by atoms with Crippen LogP contribution in [0.1, 0.15) is 11.7 Å². The molecule has 0 aliphatic heterocycles. The zero-order chi connectivity index (χ0) is 14.4. The molecule has 2 nitrogen and oxygen atoms in total. The molecular weight excluding hydrogens is 281 g/mol. The van der Waals surface area contributed by atoms with Crippen LogP contribution in [0.3, 0.4) is 0 Å². The molecule has 1 heterocycles. The maximum atomic E-state index is 12.8. The van der Waals surface area contributed by atoms with Crippen LogP contribution in [0.2, 0.25) is 0 Å². The first-order valence-electron chi connectivity index (χ1n) is 4.87. The number of nitrogens with one attached hydrogen (secondary N) is 1. The quantitative estimate of drug-likeness (QED) is 0.791. The van der Waals surface area contributed by atoms with E-state index in [-0.39, 0.29) is 11.0 Å². The maximum Gasteiger partial charge on any atom is 0.407 e. The summed E-state index contributed by atoms with van der Waals surface area (Å²) in [7, 11) is 0. The van der Waals surface area contributed by atoms with Gasteiger partial charge in [0.05, 0.1) is 11.0 Å². The highest BCUT2D eigenvalue weighted by atomic mass is 19.4. The lowest BCUT2D eigenvalue weighted by Gasteiger charge is -2.20. The Kier molecular flexibility index (Phi) is 2.94. The van der Waals surface area contributed by atoms with Gasteiger partial charge in [-0.05, 0) is 18.2 Å². The van der Waals surface area contributed by atoms with Crippen LogP contribution in [-0.2, 0) is 0 Å². The van der Waals surface area contributed by atoms with Crippen LogP contribution in [0, 0.1) is 5.82 Å². The Balaban J connectivity index is 2.57. The zero-order valence-electron chi connectivity index (χ0n) is 8.90. The Morgan fingerprint density at radius 1 is 1.00 bits per heavy atom. The average Bonchev–Trinajstić information content (AvgIpc) is 2.54. The van der Waals surface area contributed by atoms with Crippen molar-refractivity contribution in [2.45, 2.75) is 18.3 Å². The number of rotatable bonds is 1. The van der Waals surface area contributed by atoms with Gasteiger partial charge in [-0.15, -0.1) is 0 Å². The van der Waals surface area contributed by atoms with Crippen LogP contribution in [0.25, 0.3) is 11.0 Å². The van der Waals surface area contributed by atoms with Crippen molar-refractivity contribution in [3.63, 3.8) is 0 Å². The monoisotopic (exact) mass is 286 g/mol. The SMILES string of the molecule is Fc1ccc2nc(C(C(F)(F)F)C(F)(F)F)[nH]c2c1. The van der Waals surface area contributed by atoms with E-state index in [1.165, 1.54) is 0 Å². The van der Waals surface area contributed by atoms with Gasteiger partial charge in [0.2, 0.25) is 5.92 Å². The molecule has 0 aliphatic carbocycles. The molecule has 0 aliphatic rings. The molecule has 9 heteroatoms. The largest absolute Gasteiger partial charge is 0.407 e. The first-order valence-corrected chi connectivity index (χ1v) is 4.87. The summed E-state index contributed by atoms with van der Waals surface area (Å²) < 4.78 is 87.6. The molecule has 0 amide bonds. The topological polar surface area (TPSA) is 28.7 Å². The van der Waals surface area contributed by atoms with Crippen LogP contribution in [0.5, 0.6) is 0 Å². The van der Waals surface area contributed by atoms with E-state index in [0.29, 0.717) is 0 Å². The van der Waals surface area contributed by atoms with Gasteiger partial charge in [-0.2, -0.15) is 26.3 Å². The lowest BCUT2D eigenvalue weighted by Crippen LogP contribution is -2.34. The van der Waals surface area contributed by atoms with Gasteiger partial charge in [0, 0.05) is 0 Å². The molecule has 1 aromatic heterocycles. The zero-order valence-corrected chi connectivity index (χ0v) is 8.90. The Morgan fingerprint density at radius 3 is 2.11 bits per heavy atom. The number of imidazole rings is 1.